The van der Waals surface area contributed by atoms with Crippen LogP contribution in [0.2, 0.25) is 0 Å². The minimum absolute atomic E-state index is 0. The number of rotatable bonds is 9. The van der Waals surface area contributed by atoms with Crippen LogP contribution in [0.4, 0.5) is 5.95 Å². The number of imidazole rings is 1. The lowest BCUT2D eigenvalue weighted by Gasteiger charge is -2.32. The number of anilines is 1. The Labute approximate surface area is 208 Å². The number of pyridine rings is 2. The van der Waals surface area contributed by atoms with Gasteiger partial charge < -0.3 is 15.0 Å². The standard InChI is InChI=1S/C22H30N6O.3ClH/c1-2-29-17-16-28-21-20(7-5-12-24-21)26-22(28)25-19-9-14-27(15-10-19)13-8-18-6-3-4-11-23-18;;;/h3-7,11-12,19H,2,8-10,13-17H2,1H3,(H,25,26);3*1H. The lowest BCUT2D eigenvalue weighted by Crippen LogP contribution is -2.40. The Morgan fingerprint density at radius 1 is 1.00 bits per heavy atom. The predicted molar refractivity (Wildman–Crippen MR) is 137 cm³/mol. The molecule has 0 saturated carbocycles. The first kappa shape index (κ1) is 28.4. The molecule has 0 radical (unpaired) electrons. The van der Waals surface area contributed by atoms with Crippen LogP contribution in [-0.4, -0.2) is 63.3 Å². The maximum absolute atomic E-state index is 5.56. The third-order valence-electron chi connectivity index (χ3n) is 5.50. The summed E-state index contributed by atoms with van der Waals surface area (Å²) < 4.78 is 7.71. The molecule has 1 N–H and O–H groups in total. The highest BCUT2D eigenvalue weighted by atomic mass is 35.5. The predicted octanol–water partition coefficient (Wildman–Crippen LogP) is 4.25. The minimum Gasteiger partial charge on any atom is -0.380 e. The van der Waals surface area contributed by atoms with Crippen molar-refractivity contribution in [3.05, 3.63) is 48.4 Å². The van der Waals surface area contributed by atoms with Crippen LogP contribution < -0.4 is 5.32 Å². The summed E-state index contributed by atoms with van der Waals surface area (Å²) in [6, 6.07) is 10.5. The Bertz CT molecular complexity index is 903. The van der Waals surface area contributed by atoms with Crippen LogP contribution in [0.15, 0.2) is 42.7 Å². The number of aromatic nitrogens is 4. The van der Waals surface area contributed by atoms with Gasteiger partial charge in [-0.15, -0.1) is 37.2 Å². The van der Waals surface area contributed by atoms with Gasteiger partial charge in [0, 0.05) is 56.8 Å². The summed E-state index contributed by atoms with van der Waals surface area (Å²) in [5, 5.41) is 3.68. The molecule has 10 heteroatoms. The molecule has 0 aliphatic carbocycles. The molecule has 7 nitrogen and oxygen atoms in total. The van der Waals surface area contributed by atoms with Crippen molar-refractivity contribution in [1.82, 2.24) is 24.4 Å². The second-order valence-corrected chi connectivity index (χ2v) is 7.46. The maximum Gasteiger partial charge on any atom is 0.205 e. The van der Waals surface area contributed by atoms with E-state index in [0.717, 1.165) is 69.2 Å². The molecule has 3 aromatic heterocycles. The van der Waals surface area contributed by atoms with Gasteiger partial charge >= 0.3 is 0 Å². The molecule has 4 rings (SSSR count). The van der Waals surface area contributed by atoms with Crippen LogP contribution in [0.3, 0.4) is 0 Å². The van der Waals surface area contributed by atoms with E-state index >= 15 is 0 Å². The average Bonchev–Trinajstić information content (AvgIpc) is 3.11. The molecule has 0 aromatic carbocycles. The molecule has 3 aromatic rings. The number of nitrogens with one attached hydrogen (secondary N) is 1. The Morgan fingerprint density at radius 3 is 2.50 bits per heavy atom. The zero-order valence-corrected chi connectivity index (χ0v) is 20.8. The SMILES string of the molecule is CCOCCn1c(NC2CCN(CCc3ccccn3)CC2)nc2cccnc21.Cl.Cl.Cl. The number of likely N-dealkylation sites (tertiary alicyclic amines) is 1. The van der Waals surface area contributed by atoms with E-state index in [0.29, 0.717) is 12.6 Å². The minimum atomic E-state index is 0. The first-order valence-corrected chi connectivity index (χ1v) is 10.6. The van der Waals surface area contributed by atoms with Crippen LogP contribution in [0.5, 0.6) is 0 Å². The third-order valence-corrected chi connectivity index (χ3v) is 5.50. The molecule has 0 atom stereocenters. The van der Waals surface area contributed by atoms with Gasteiger partial charge in [0.05, 0.1) is 13.2 Å². The fourth-order valence-electron chi connectivity index (χ4n) is 3.88. The molecule has 0 spiro atoms. The van der Waals surface area contributed by atoms with Gasteiger partial charge in [0.25, 0.3) is 0 Å². The molecular weight excluding hydrogens is 471 g/mol. The smallest absolute Gasteiger partial charge is 0.205 e. The van der Waals surface area contributed by atoms with Crippen molar-refractivity contribution in [3.8, 4) is 0 Å². The van der Waals surface area contributed by atoms with Crippen molar-refractivity contribution in [1.29, 1.82) is 0 Å². The summed E-state index contributed by atoms with van der Waals surface area (Å²) in [5.74, 6) is 0.908. The van der Waals surface area contributed by atoms with Crippen LogP contribution in [0, 0.1) is 0 Å². The summed E-state index contributed by atoms with van der Waals surface area (Å²) >= 11 is 0. The third kappa shape index (κ3) is 7.46. The van der Waals surface area contributed by atoms with Crippen LogP contribution >= 0.6 is 37.2 Å². The van der Waals surface area contributed by atoms with Crippen LogP contribution in [-0.2, 0) is 17.7 Å². The number of halogens is 3. The topological polar surface area (TPSA) is 68.1 Å². The number of fused-ring (bicyclic) bond motifs is 1. The molecule has 0 unspecified atom stereocenters. The number of piperidine rings is 1. The maximum atomic E-state index is 5.56. The number of hydrogen-bond donors (Lipinski definition) is 1. The summed E-state index contributed by atoms with van der Waals surface area (Å²) in [7, 11) is 0. The fourth-order valence-corrected chi connectivity index (χ4v) is 3.88. The first-order chi connectivity index (χ1) is 14.3. The van der Waals surface area contributed by atoms with E-state index in [1.807, 2.05) is 37.5 Å². The van der Waals surface area contributed by atoms with E-state index in [4.69, 9.17) is 9.72 Å². The van der Waals surface area contributed by atoms with Crippen LogP contribution in [0.25, 0.3) is 11.2 Å². The van der Waals surface area contributed by atoms with E-state index in [1.54, 1.807) is 0 Å². The van der Waals surface area contributed by atoms with Gasteiger partial charge in [-0.1, -0.05) is 6.07 Å². The van der Waals surface area contributed by atoms with E-state index in [2.05, 4.69) is 36.9 Å². The summed E-state index contributed by atoms with van der Waals surface area (Å²) in [6.07, 6.45) is 6.94. The molecule has 0 amide bonds. The fraction of sp³-hybridized carbons (Fsp3) is 0.500. The number of nitrogens with zero attached hydrogens (tertiary/aromatic N) is 5. The van der Waals surface area contributed by atoms with Gasteiger partial charge in [-0.3, -0.25) is 9.55 Å². The van der Waals surface area contributed by atoms with Crippen molar-refractivity contribution >= 4 is 54.3 Å². The highest BCUT2D eigenvalue weighted by Gasteiger charge is 2.21. The van der Waals surface area contributed by atoms with Gasteiger partial charge in [-0.25, -0.2) is 9.97 Å². The largest absolute Gasteiger partial charge is 0.380 e. The molecular formula is C22H33Cl3N6O. The Hall–Kier alpha value is -1.64. The Kier molecular flexibility index (Phi) is 12.9. The molecule has 4 heterocycles. The lowest BCUT2D eigenvalue weighted by molar-refractivity contribution is 0.140. The van der Waals surface area contributed by atoms with Gasteiger partial charge in [0.1, 0.15) is 5.52 Å². The number of hydrogen-bond acceptors (Lipinski definition) is 6. The molecule has 0 bridgehead atoms. The zero-order valence-electron chi connectivity index (χ0n) is 18.4. The van der Waals surface area contributed by atoms with E-state index in [9.17, 15) is 0 Å². The molecule has 1 aliphatic heterocycles. The van der Waals surface area contributed by atoms with Gasteiger partial charge in [0.2, 0.25) is 5.95 Å². The molecule has 1 fully saturated rings. The highest BCUT2D eigenvalue weighted by molar-refractivity contribution is 5.86. The molecule has 32 heavy (non-hydrogen) atoms. The van der Waals surface area contributed by atoms with Crippen molar-refractivity contribution in [2.75, 3.05) is 38.2 Å². The highest BCUT2D eigenvalue weighted by Crippen LogP contribution is 2.21. The molecule has 1 saturated heterocycles. The van der Waals surface area contributed by atoms with Crippen LogP contribution in [0.1, 0.15) is 25.5 Å². The summed E-state index contributed by atoms with van der Waals surface area (Å²) in [4.78, 5) is 16.3. The Balaban J connectivity index is 0.00000171. The van der Waals surface area contributed by atoms with Gasteiger partial charge in [-0.05, 0) is 44.0 Å². The van der Waals surface area contributed by atoms with E-state index < -0.39 is 0 Å². The summed E-state index contributed by atoms with van der Waals surface area (Å²) in [5.41, 5.74) is 3.02. The van der Waals surface area contributed by atoms with Gasteiger partial charge in [-0.2, -0.15) is 0 Å². The molecule has 1 aliphatic rings. The van der Waals surface area contributed by atoms with Crippen molar-refractivity contribution in [2.45, 2.75) is 38.8 Å². The summed E-state index contributed by atoms with van der Waals surface area (Å²) in [6.45, 7) is 7.43. The first-order valence-electron chi connectivity index (χ1n) is 10.6. The second kappa shape index (κ2) is 14.5. The van der Waals surface area contributed by atoms with Crippen molar-refractivity contribution < 1.29 is 4.74 Å². The quantitative estimate of drug-likeness (QED) is 0.440. The normalized spacial score (nSPS) is 14.3. The van der Waals surface area contributed by atoms with Gasteiger partial charge in [0.15, 0.2) is 5.65 Å². The Morgan fingerprint density at radius 2 is 1.78 bits per heavy atom. The second-order valence-electron chi connectivity index (χ2n) is 7.46. The van der Waals surface area contributed by atoms with E-state index in [-0.39, 0.29) is 37.2 Å². The average molecular weight is 504 g/mol. The number of ether oxygens (including phenoxy) is 1. The monoisotopic (exact) mass is 502 g/mol. The lowest BCUT2D eigenvalue weighted by atomic mass is 10.0. The van der Waals surface area contributed by atoms with Crippen molar-refractivity contribution in [3.63, 3.8) is 0 Å². The van der Waals surface area contributed by atoms with Crippen molar-refractivity contribution in [2.24, 2.45) is 0 Å². The van der Waals surface area contributed by atoms with E-state index in [1.165, 1.54) is 5.69 Å². The zero-order chi connectivity index (χ0) is 19.9. The molecule has 178 valence electrons.